The van der Waals surface area contributed by atoms with E-state index in [0.29, 0.717) is 41.2 Å². The van der Waals surface area contributed by atoms with Gasteiger partial charge in [-0.2, -0.15) is 0 Å². The highest BCUT2D eigenvalue weighted by atomic mass is 32.2. The van der Waals surface area contributed by atoms with Crippen molar-refractivity contribution in [3.05, 3.63) is 30.6 Å². The van der Waals surface area contributed by atoms with E-state index in [0.717, 1.165) is 0 Å². The molecular formula is C21H29N6O4S+. The molecule has 0 saturated heterocycles. The molecule has 0 amide bonds. The molecule has 3 aromatic rings. The SMILES string of the molecule is C[C@H](O)CNS(=O)(=O)c1ccc(Nc2nc3nc[nH]c3c(OCC3CCCCC3)[nH+]2)cc1. The Balaban J connectivity index is 1.48. The number of sulfonamides is 1. The van der Waals surface area contributed by atoms with E-state index in [-0.39, 0.29) is 11.4 Å². The molecule has 5 N–H and O–H groups in total. The van der Waals surface area contributed by atoms with Crippen LogP contribution in [0.1, 0.15) is 39.0 Å². The number of benzene rings is 1. The monoisotopic (exact) mass is 461 g/mol. The van der Waals surface area contributed by atoms with Crippen molar-refractivity contribution in [2.45, 2.75) is 50.0 Å². The predicted octanol–water partition coefficient (Wildman–Crippen LogP) is 2.13. The Morgan fingerprint density at radius 3 is 2.72 bits per heavy atom. The number of ether oxygens (including phenoxy) is 1. The molecule has 2 aromatic heterocycles. The maximum Gasteiger partial charge on any atom is 0.399 e. The molecule has 172 valence electrons. The van der Waals surface area contributed by atoms with Crippen LogP contribution in [0, 0.1) is 5.92 Å². The maximum absolute atomic E-state index is 12.3. The minimum absolute atomic E-state index is 0.0471. The zero-order chi connectivity index (χ0) is 22.6. The first kappa shape index (κ1) is 22.4. The molecule has 1 aliphatic carbocycles. The van der Waals surface area contributed by atoms with Crippen molar-refractivity contribution in [2.24, 2.45) is 5.92 Å². The quantitative estimate of drug-likeness (QED) is 0.382. The van der Waals surface area contributed by atoms with Gasteiger partial charge in [-0.25, -0.2) is 28.4 Å². The van der Waals surface area contributed by atoms with Gasteiger partial charge in [-0.1, -0.05) is 19.3 Å². The fraction of sp³-hybridized carbons (Fsp3) is 0.476. The van der Waals surface area contributed by atoms with Crippen LogP contribution in [-0.2, 0) is 10.0 Å². The summed E-state index contributed by atoms with van der Waals surface area (Å²) in [5, 5.41) is 12.4. The number of aromatic nitrogens is 4. The first-order valence-electron chi connectivity index (χ1n) is 10.8. The van der Waals surface area contributed by atoms with Gasteiger partial charge in [0, 0.05) is 6.54 Å². The van der Waals surface area contributed by atoms with Crippen LogP contribution >= 0.6 is 0 Å². The molecule has 0 aliphatic heterocycles. The van der Waals surface area contributed by atoms with Gasteiger partial charge in [-0.3, -0.25) is 0 Å². The molecule has 1 aliphatic rings. The highest BCUT2D eigenvalue weighted by Gasteiger charge is 2.21. The van der Waals surface area contributed by atoms with Gasteiger partial charge in [0.1, 0.15) is 0 Å². The molecule has 0 spiro atoms. The fourth-order valence-corrected chi connectivity index (χ4v) is 4.85. The molecule has 2 heterocycles. The number of aliphatic hydroxyl groups excluding tert-OH is 1. The van der Waals surface area contributed by atoms with Crippen molar-refractivity contribution in [2.75, 3.05) is 18.5 Å². The summed E-state index contributed by atoms with van der Waals surface area (Å²) < 4.78 is 33.0. The normalized spacial score (nSPS) is 16.2. The van der Waals surface area contributed by atoms with E-state index in [2.05, 4.69) is 30.0 Å². The van der Waals surface area contributed by atoms with Gasteiger partial charge in [0.05, 0.1) is 29.6 Å². The van der Waals surface area contributed by atoms with E-state index >= 15 is 0 Å². The zero-order valence-electron chi connectivity index (χ0n) is 18.0. The molecule has 10 nitrogen and oxygen atoms in total. The van der Waals surface area contributed by atoms with E-state index < -0.39 is 16.1 Å². The smallest absolute Gasteiger partial charge is 0.399 e. The summed E-state index contributed by atoms with van der Waals surface area (Å²) in [5.74, 6) is 1.56. The second-order valence-electron chi connectivity index (χ2n) is 8.18. The van der Waals surface area contributed by atoms with Crippen molar-refractivity contribution in [3.63, 3.8) is 0 Å². The topological polar surface area (TPSA) is 143 Å². The Kier molecular flexibility index (Phi) is 6.87. The van der Waals surface area contributed by atoms with Crippen LogP contribution in [0.2, 0.25) is 0 Å². The third-order valence-corrected chi connectivity index (χ3v) is 6.92. The molecule has 1 aromatic carbocycles. The standard InChI is InChI=1S/C21H28N6O4S/c1-14(28)11-24-32(29,30)17-9-7-16(8-10-17)25-21-26-19-18(22-13-23-19)20(27-21)31-12-15-5-3-2-4-6-15/h7-10,13-15,24,28H,2-6,11-12H2,1H3,(H2,22,23,25,26,27)/p+1/t14-/m0/s1. The van der Waals surface area contributed by atoms with E-state index in [4.69, 9.17) is 4.74 Å². The number of aromatic amines is 2. The molecule has 0 bridgehead atoms. The number of nitrogens with zero attached hydrogens (tertiary/aromatic N) is 2. The van der Waals surface area contributed by atoms with Crippen molar-refractivity contribution in [3.8, 4) is 5.88 Å². The Hall–Kier alpha value is -2.76. The maximum atomic E-state index is 12.3. The van der Waals surface area contributed by atoms with Gasteiger partial charge in [0.25, 0.3) is 11.5 Å². The Bertz CT molecular complexity index is 1140. The highest BCUT2D eigenvalue weighted by molar-refractivity contribution is 7.89. The van der Waals surface area contributed by atoms with E-state index in [9.17, 15) is 13.5 Å². The van der Waals surface area contributed by atoms with Crippen LogP contribution in [-0.4, -0.2) is 47.7 Å². The number of hydrogen-bond acceptors (Lipinski definition) is 7. The Labute approximate surface area is 186 Å². The average Bonchev–Trinajstić information content (AvgIpc) is 3.26. The minimum Gasteiger partial charge on any atom is -0.466 e. The van der Waals surface area contributed by atoms with E-state index in [1.54, 1.807) is 18.5 Å². The van der Waals surface area contributed by atoms with Crippen molar-refractivity contribution in [1.29, 1.82) is 0 Å². The summed E-state index contributed by atoms with van der Waals surface area (Å²) in [5.41, 5.74) is 1.87. The number of aliphatic hydroxyl groups is 1. The minimum atomic E-state index is -3.69. The summed E-state index contributed by atoms with van der Waals surface area (Å²) in [4.78, 5) is 15.0. The lowest BCUT2D eigenvalue weighted by Gasteiger charge is -2.21. The van der Waals surface area contributed by atoms with Gasteiger partial charge < -0.3 is 14.8 Å². The molecule has 0 radical (unpaired) electrons. The molecular weight excluding hydrogens is 432 g/mol. The molecule has 0 unspecified atom stereocenters. The lowest BCUT2D eigenvalue weighted by molar-refractivity contribution is -0.380. The molecule has 1 atom stereocenters. The lowest BCUT2D eigenvalue weighted by Crippen LogP contribution is -2.30. The largest absolute Gasteiger partial charge is 0.466 e. The molecule has 32 heavy (non-hydrogen) atoms. The van der Waals surface area contributed by atoms with Gasteiger partial charge in [0.2, 0.25) is 10.0 Å². The second kappa shape index (κ2) is 9.80. The number of rotatable bonds is 9. The summed E-state index contributed by atoms with van der Waals surface area (Å²) in [6.45, 7) is 2.11. The van der Waals surface area contributed by atoms with Gasteiger partial charge in [0.15, 0.2) is 5.52 Å². The van der Waals surface area contributed by atoms with Crippen LogP contribution in [0.25, 0.3) is 11.2 Å². The number of hydrogen-bond donors (Lipinski definition) is 4. The summed E-state index contributed by atoms with van der Waals surface area (Å²) >= 11 is 0. The first-order chi connectivity index (χ1) is 15.4. The van der Waals surface area contributed by atoms with Gasteiger partial charge in [-0.15, -0.1) is 0 Å². The summed E-state index contributed by atoms with van der Waals surface area (Å²) in [6.07, 6.45) is 6.98. The van der Waals surface area contributed by atoms with E-state index in [1.165, 1.54) is 51.2 Å². The number of anilines is 2. The highest BCUT2D eigenvalue weighted by Crippen LogP contribution is 2.26. The van der Waals surface area contributed by atoms with Crippen LogP contribution in [0.3, 0.4) is 0 Å². The Morgan fingerprint density at radius 2 is 2.00 bits per heavy atom. The van der Waals surface area contributed by atoms with E-state index in [1.807, 2.05) is 0 Å². The molecule has 1 fully saturated rings. The van der Waals surface area contributed by atoms with Gasteiger partial charge in [-0.05, 0) is 54.9 Å². The van der Waals surface area contributed by atoms with Crippen molar-refractivity contribution in [1.82, 2.24) is 19.7 Å². The lowest BCUT2D eigenvalue weighted by atomic mass is 9.90. The van der Waals surface area contributed by atoms with Gasteiger partial charge >= 0.3 is 5.95 Å². The number of fused-ring (bicyclic) bond motifs is 1. The third-order valence-electron chi connectivity index (χ3n) is 5.48. The van der Waals surface area contributed by atoms with Crippen LogP contribution in [0.4, 0.5) is 11.6 Å². The second-order valence-corrected chi connectivity index (χ2v) is 9.95. The van der Waals surface area contributed by atoms with Crippen molar-refractivity contribution < 1.29 is 23.2 Å². The third kappa shape index (κ3) is 5.53. The number of H-pyrrole nitrogens is 2. The average molecular weight is 462 g/mol. The van der Waals surface area contributed by atoms with Crippen LogP contribution in [0.5, 0.6) is 5.88 Å². The molecule has 11 heteroatoms. The molecule has 1 saturated carbocycles. The predicted molar refractivity (Wildman–Crippen MR) is 119 cm³/mol. The zero-order valence-corrected chi connectivity index (χ0v) is 18.8. The van der Waals surface area contributed by atoms with Crippen LogP contribution < -0.4 is 19.8 Å². The fourth-order valence-electron chi connectivity index (χ4n) is 3.73. The molecule has 4 rings (SSSR count). The number of imidazole rings is 1. The Morgan fingerprint density at radius 1 is 1.25 bits per heavy atom. The summed E-state index contributed by atoms with van der Waals surface area (Å²) in [7, 11) is -3.69. The van der Waals surface area contributed by atoms with Crippen LogP contribution in [0.15, 0.2) is 35.5 Å². The first-order valence-corrected chi connectivity index (χ1v) is 12.3. The number of nitrogens with one attached hydrogen (secondary N) is 4. The summed E-state index contributed by atoms with van der Waals surface area (Å²) in [6, 6.07) is 6.26. The van der Waals surface area contributed by atoms with Crippen molar-refractivity contribution >= 4 is 32.8 Å².